The van der Waals surface area contributed by atoms with Crippen LogP contribution in [0.5, 0.6) is 5.75 Å². The van der Waals surface area contributed by atoms with Crippen molar-refractivity contribution in [1.82, 2.24) is 4.90 Å². The molecule has 0 amide bonds. The summed E-state index contributed by atoms with van der Waals surface area (Å²) in [4.78, 5) is 13.2. The lowest BCUT2D eigenvalue weighted by Crippen LogP contribution is -2.31. The van der Waals surface area contributed by atoms with Crippen LogP contribution in [-0.2, 0) is 4.79 Å². The number of carboxylic acids is 1. The molecule has 1 unspecified atom stereocenters. The van der Waals surface area contributed by atoms with Gasteiger partial charge in [0, 0.05) is 10.6 Å². The molecule has 4 nitrogen and oxygen atoms in total. The minimum Gasteiger partial charge on any atom is -0.508 e. The summed E-state index contributed by atoms with van der Waals surface area (Å²) in [6, 6.07) is 3.69. The molecule has 92 valence electrons. The standard InChI is InChI=1S/C12H14ClNO3/c13-8-3-4-10(15)9(7-8)11(12(16)17)14-5-1-2-6-14/h3-4,7,11,15H,1-2,5-6H2,(H,16,17). The number of carbonyl (C=O) groups is 1. The second kappa shape index (κ2) is 4.94. The normalized spacial score (nSPS) is 18.2. The van der Waals surface area contributed by atoms with Gasteiger partial charge in [0.25, 0.3) is 0 Å². The van der Waals surface area contributed by atoms with Crippen LogP contribution in [0.4, 0.5) is 0 Å². The van der Waals surface area contributed by atoms with Crippen LogP contribution in [0, 0.1) is 0 Å². The average Bonchev–Trinajstić information content (AvgIpc) is 2.76. The Labute approximate surface area is 104 Å². The van der Waals surface area contributed by atoms with Crippen molar-refractivity contribution in [1.29, 1.82) is 0 Å². The van der Waals surface area contributed by atoms with E-state index in [9.17, 15) is 15.0 Å². The molecule has 1 atom stereocenters. The summed E-state index contributed by atoms with van der Waals surface area (Å²) >= 11 is 5.85. The highest BCUT2D eigenvalue weighted by molar-refractivity contribution is 6.30. The smallest absolute Gasteiger partial charge is 0.325 e. The molecule has 1 aliphatic rings. The van der Waals surface area contributed by atoms with Gasteiger partial charge in [0.2, 0.25) is 0 Å². The van der Waals surface area contributed by atoms with Gasteiger partial charge >= 0.3 is 5.97 Å². The van der Waals surface area contributed by atoms with E-state index < -0.39 is 12.0 Å². The van der Waals surface area contributed by atoms with Gasteiger partial charge in [-0.15, -0.1) is 0 Å². The lowest BCUT2D eigenvalue weighted by molar-refractivity contribution is -0.143. The molecule has 1 aliphatic heterocycles. The van der Waals surface area contributed by atoms with E-state index in [1.807, 2.05) is 4.90 Å². The number of likely N-dealkylation sites (tertiary alicyclic amines) is 1. The molecular formula is C12H14ClNO3. The molecule has 1 aromatic rings. The van der Waals surface area contributed by atoms with E-state index in [0.717, 1.165) is 25.9 Å². The Balaban J connectivity index is 2.37. The van der Waals surface area contributed by atoms with Gasteiger partial charge in [0.1, 0.15) is 11.8 Å². The van der Waals surface area contributed by atoms with Gasteiger partial charge in [-0.25, -0.2) is 0 Å². The molecule has 1 aromatic carbocycles. The van der Waals surface area contributed by atoms with Gasteiger partial charge in [-0.1, -0.05) is 11.6 Å². The monoisotopic (exact) mass is 255 g/mol. The van der Waals surface area contributed by atoms with Crippen LogP contribution in [0.25, 0.3) is 0 Å². The molecule has 0 bridgehead atoms. The van der Waals surface area contributed by atoms with Gasteiger partial charge in [-0.3, -0.25) is 9.69 Å². The summed E-state index contributed by atoms with van der Waals surface area (Å²) < 4.78 is 0. The van der Waals surface area contributed by atoms with Crippen molar-refractivity contribution < 1.29 is 15.0 Å². The van der Waals surface area contributed by atoms with Crippen LogP contribution in [0.3, 0.4) is 0 Å². The fourth-order valence-electron chi connectivity index (χ4n) is 2.23. The Morgan fingerprint density at radius 3 is 2.59 bits per heavy atom. The summed E-state index contributed by atoms with van der Waals surface area (Å²) in [5.74, 6) is -0.974. The van der Waals surface area contributed by atoms with Crippen LogP contribution in [0.2, 0.25) is 5.02 Å². The summed E-state index contributed by atoms with van der Waals surface area (Å²) in [5, 5.41) is 19.5. The second-order valence-electron chi connectivity index (χ2n) is 4.19. The lowest BCUT2D eigenvalue weighted by atomic mass is 10.0. The maximum atomic E-state index is 11.4. The van der Waals surface area contributed by atoms with E-state index in [0.29, 0.717) is 10.6 Å². The Hall–Kier alpha value is -1.26. The van der Waals surface area contributed by atoms with Crippen molar-refractivity contribution in [2.45, 2.75) is 18.9 Å². The number of halogens is 1. The fourth-order valence-corrected chi connectivity index (χ4v) is 2.41. The first-order chi connectivity index (χ1) is 8.09. The Bertz CT molecular complexity index is 430. The van der Waals surface area contributed by atoms with E-state index in [4.69, 9.17) is 11.6 Å². The number of aromatic hydroxyl groups is 1. The summed E-state index contributed by atoms with van der Waals surface area (Å²) in [7, 11) is 0. The molecule has 2 N–H and O–H groups in total. The van der Waals surface area contributed by atoms with Gasteiger partial charge < -0.3 is 10.2 Å². The third-order valence-electron chi connectivity index (χ3n) is 3.02. The van der Waals surface area contributed by atoms with Gasteiger partial charge in [0.15, 0.2) is 0 Å². The molecule has 0 spiro atoms. The third-order valence-corrected chi connectivity index (χ3v) is 3.26. The van der Waals surface area contributed by atoms with Gasteiger partial charge in [-0.05, 0) is 44.1 Å². The van der Waals surface area contributed by atoms with E-state index in [1.54, 1.807) is 6.07 Å². The number of nitrogens with zero attached hydrogens (tertiary/aromatic N) is 1. The molecule has 1 saturated heterocycles. The highest BCUT2D eigenvalue weighted by Crippen LogP contribution is 2.33. The maximum Gasteiger partial charge on any atom is 0.325 e. The molecular weight excluding hydrogens is 242 g/mol. The average molecular weight is 256 g/mol. The van der Waals surface area contributed by atoms with E-state index in [2.05, 4.69) is 0 Å². The molecule has 0 aromatic heterocycles. The Morgan fingerprint density at radius 1 is 1.35 bits per heavy atom. The first kappa shape index (κ1) is 12.2. The van der Waals surface area contributed by atoms with Crippen molar-refractivity contribution in [3.05, 3.63) is 28.8 Å². The molecule has 5 heteroatoms. The van der Waals surface area contributed by atoms with Crippen molar-refractivity contribution in [2.75, 3.05) is 13.1 Å². The number of rotatable bonds is 3. The zero-order valence-corrected chi connectivity index (χ0v) is 10.0. The quantitative estimate of drug-likeness (QED) is 0.870. The number of hydrogen-bond donors (Lipinski definition) is 2. The number of carboxylic acid groups (broad SMARTS) is 1. The minimum atomic E-state index is -0.954. The van der Waals surface area contributed by atoms with Crippen molar-refractivity contribution in [3.63, 3.8) is 0 Å². The summed E-state index contributed by atoms with van der Waals surface area (Å²) in [5.41, 5.74) is 0.368. The maximum absolute atomic E-state index is 11.4. The SMILES string of the molecule is O=C(O)C(c1cc(Cl)ccc1O)N1CCCC1. The number of aliphatic carboxylic acids is 1. The fraction of sp³-hybridized carbons (Fsp3) is 0.417. The highest BCUT2D eigenvalue weighted by atomic mass is 35.5. The molecule has 0 radical (unpaired) electrons. The topological polar surface area (TPSA) is 60.8 Å². The molecule has 2 rings (SSSR count). The van der Waals surface area contributed by atoms with Crippen molar-refractivity contribution in [2.24, 2.45) is 0 Å². The summed E-state index contributed by atoms with van der Waals surface area (Å²) in [6.07, 6.45) is 1.98. The number of hydrogen-bond acceptors (Lipinski definition) is 3. The molecule has 0 saturated carbocycles. The van der Waals surface area contributed by atoms with E-state index in [1.165, 1.54) is 12.1 Å². The summed E-state index contributed by atoms with van der Waals surface area (Å²) in [6.45, 7) is 1.48. The number of phenols is 1. The second-order valence-corrected chi connectivity index (χ2v) is 4.62. The predicted molar refractivity (Wildman–Crippen MR) is 64.3 cm³/mol. The van der Waals surface area contributed by atoms with Crippen LogP contribution < -0.4 is 0 Å². The molecule has 0 aliphatic carbocycles. The molecule has 1 heterocycles. The van der Waals surface area contributed by atoms with Crippen LogP contribution in [-0.4, -0.2) is 34.2 Å². The molecule has 1 fully saturated rings. The molecule has 17 heavy (non-hydrogen) atoms. The zero-order chi connectivity index (χ0) is 12.4. The third kappa shape index (κ3) is 2.53. The first-order valence-electron chi connectivity index (χ1n) is 5.55. The van der Waals surface area contributed by atoms with Crippen LogP contribution in [0.1, 0.15) is 24.4 Å². The zero-order valence-electron chi connectivity index (χ0n) is 9.27. The van der Waals surface area contributed by atoms with E-state index >= 15 is 0 Å². The first-order valence-corrected chi connectivity index (χ1v) is 5.92. The lowest BCUT2D eigenvalue weighted by Gasteiger charge is -2.24. The highest BCUT2D eigenvalue weighted by Gasteiger charge is 2.31. The van der Waals surface area contributed by atoms with Crippen LogP contribution >= 0.6 is 11.6 Å². The largest absolute Gasteiger partial charge is 0.508 e. The van der Waals surface area contributed by atoms with Gasteiger partial charge in [-0.2, -0.15) is 0 Å². The Kier molecular flexibility index (Phi) is 3.54. The number of benzene rings is 1. The minimum absolute atomic E-state index is 0.0197. The predicted octanol–water partition coefficient (Wildman–Crippen LogP) is 2.27. The van der Waals surface area contributed by atoms with Crippen LogP contribution in [0.15, 0.2) is 18.2 Å². The van der Waals surface area contributed by atoms with E-state index in [-0.39, 0.29) is 5.75 Å². The van der Waals surface area contributed by atoms with Crippen molar-refractivity contribution >= 4 is 17.6 Å². The number of phenolic OH excluding ortho intramolecular Hbond substituents is 1. The Morgan fingerprint density at radius 2 is 2.00 bits per heavy atom. The van der Waals surface area contributed by atoms with Crippen molar-refractivity contribution in [3.8, 4) is 5.75 Å². The van der Waals surface area contributed by atoms with Gasteiger partial charge in [0.05, 0.1) is 0 Å².